The van der Waals surface area contributed by atoms with Gasteiger partial charge in [-0.25, -0.2) is 14.0 Å². The van der Waals surface area contributed by atoms with Gasteiger partial charge < -0.3 is 25.2 Å². The van der Waals surface area contributed by atoms with Gasteiger partial charge in [0.25, 0.3) is 0 Å². The van der Waals surface area contributed by atoms with E-state index in [2.05, 4.69) is 10.6 Å². The lowest BCUT2D eigenvalue weighted by molar-refractivity contribution is -0.116. The molecule has 2 N–H and O–H groups in total. The molecule has 0 saturated carbocycles. The lowest BCUT2D eigenvalue weighted by Crippen LogP contribution is -2.53. The van der Waals surface area contributed by atoms with Gasteiger partial charge in [0.1, 0.15) is 11.4 Å². The fraction of sp³-hybridized carbons (Fsp3) is 0.500. The van der Waals surface area contributed by atoms with Crippen LogP contribution in [0.2, 0.25) is 0 Å². The second-order valence-electron chi connectivity index (χ2n) is 7.40. The van der Waals surface area contributed by atoms with Crippen molar-refractivity contribution in [3.63, 3.8) is 0 Å². The van der Waals surface area contributed by atoms with E-state index < -0.39 is 17.4 Å². The van der Waals surface area contributed by atoms with Crippen LogP contribution in [0.15, 0.2) is 12.1 Å². The number of piperidine rings is 1. The van der Waals surface area contributed by atoms with Crippen molar-refractivity contribution in [2.45, 2.75) is 31.3 Å². The van der Waals surface area contributed by atoms with Crippen LogP contribution in [0, 0.1) is 5.82 Å². The highest BCUT2D eigenvalue weighted by Gasteiger charge is 2.47. The molecule has 0 aromatic heterocycles. The Morgan fingerprint density at radius 3 is 2.85 bits per heavy atom. The summed E-state index contributed by atoms with van der Waals surface area (Å²) in [4.78, 5) is 39.3. The number of amides is 4. The maximum absolute atomic E-state index is 13.9. The number of nitrogens with one attached hydrogen (secondary N) is 2. The van der Waals surface area contributed by atoms with E-state index in [1.807, 2.05) is 0 Å². The number of halogens is 1. The highest BCUT2D eigenvalue weighted by Crippen LogP contribution is 2.34. The summed E-state index contributed by atoms with van der Waals surface area (Å²) in [5.74, 6) is -0.635. The molecule has 1 aromatic rings. The first-order chi connectivity index (χ1) is 12.8. The highest BCUT2D eigenvalue weighted by molar-refractivity contribution is 6.01. The zero-order chi connectivity index (χ0) is 19.2. The maximum Gasteiger partial charge on any atom is 0.410 e. The van der Waals surface area contributed by atoms with E-state index in [4.69, 9.17) is 4.74 Å². The lowest BCUT2D eigenvalue weighted by atomic mass is 9.93. The number of ether oxygens (including phenoxy) is 1. The topological polar surface area (TPSA) is 91.0 Å². The third-order valence-electron chi connectivity index (χ3n) is 5.28. The fourth-order valence-electron chi connectivity index (χ4n) is 4.03. The Balaban J connectivity index is 1.52. The summed E-state index contributed by atoms with van der Waals surface area (Å²) in [5, 5.41) is 5.42. The second-order valence-corrected chi connectivity index (χ2v) is 7.40. The molecule has 8 nitrogen and oxygen atoms in total. The largest absolute Gasteiger partial charge is 0.439 e. The zero-order valence-corrected chi connectivity index (χ0v) is 15.0. The SMILES string of the molecule is CN1C[C@@]2(CCCN(C(=O)Nc3cc(F)cc4c3NC(=O)CC4)C2)OC1=O. The molecule has 2 fully saturated rings. The Hall–Kier alpha value is -2.84. The minimum Gasteiger partial charge on any atom is -0.439 e. The number of hydrogen-bond acceptors (Lipinski definition) is 4. The molecule has 27 heavy (non-hydrogen) atoms. The molecule has 0 bridgehead atoms. The van der Waals surface area contributed by atoms with Crippen molar-refractivity contribution < 1.29 is 23.5 Å². The molecule has 0 aliphatic carbocycles. The summed E-state index contributed by atoms with van der Waals surface area (Å²) < 4.78 is 19.4. The maximum atomic E-state index is 13.9. The van der Waals surface area contributed by atoms with Gasteiger partial charge >= 0.3 is 12.1 Å². The number of likely N-dealkylation sites (N-methyl/N-ethyl adjacent to an activating group) is 1. The summed E-state index contributed by atoms with van der Waals surface area (Å²) in [6, 6.07) is 2.16. The highest BCUT2D eigenvalue weighted by atomic mass is 19.1. The van der Waals surface area contributed by atoms with Crippen LogP contribution in [0.1, 0.15) is 24.8 Å². The number of hydrogen-bond donors (Lipinski definition) is 2. The van der Waals surface area contributed by atoms with Gasteiger partial charge in [-0.2, -0.15) is 0 Å². The van der Waals surface area contributed by atoms with Crippen LogP contribution in [-0.2, 0) is 16.0 Å². The Labute approximate surface area is 155 Å². The van der Waals surface area contributed by atoms with Crippen LogP contribution in [0.4, 0.5) is 25.4 Å². The molecule has 3 heterocycles. The number of carbonyl (C=O) groups excluding carboxylic acids is 3. The van der Waals surface area contributed by atoms with E-state index in [0.29, 0.717) is 43.6 Å². The van der Waals surface area contributed by atoms with Crippen molar-refractivity contribution in [3.8, 4) is 0 Å². The van der Waals surface area contributed by atoms with Gasteiger partial charge in [-0.3, -0.25) is 4.79 Å². The van der Waals surface area contributed by atoms with Gasteiger partial charge in [0.05, 0.1) is 24.5 Å². The smallest absolute Gasteiger partial charge is 0.410 e. The lowest BCUT2D eigenvalue weighted by Gasteiger charge is -2.38. The van der Waals surface area contributed by atoms with E-state index >= 15 is 0 Å². The number of carbonyl (C=O) groups is 3. The average molecular weight is 376 g/mol. The van der Waals surface area contributed by atoms with Crippen molar-refractivity contribution in [2.24, 2.45) is 0 Å². The molecule has 144 valence electrons. The molecule has 0 radical (unpaired) electrons. The summed E-state index contributed by atoms with van der Waals surface area (Å²) >= 11 is 0. The predicted molar refractivity (Wildman–Crippen MR) is 95.0 cm³/mol. The van der Waals surface area contributed by atoms with Crippen LogP contribution in [0.25, 0.3) is 0 Å². The van der Waals surface area contributed by atoms with Crippen LogP contribution >= 0.6 is 0 Å². The van der Waals surface area contributed by atoms with Crippen molar-refractivity contribution in [1.29, 1.82) is 0 Å². The molecule has 1 aromatic carbocycles. The molecule has 2 saturated heterocycles. The molecule has 0 unspecified atom stereocenters. The van der Waals surface area contributed by atoms with E-state index in [1.54, 1.807) is 11.9 Å². The first-order valence-corrected chi connectivity index (χ1v) is 8.98. The van der Waals surface area contributed by atoms with Crippen molar-refractivity contribution >= 4 is 29.4 Å². The van der Waals surface area contributed by atoms with Crippen molar-refractivity contribution in [1.82, 2.24) is 9.80 Å². The van der Waals surface area contributed by atoms with Crippen LogP contribution < -0.4 is 10.6 Å². The van der Waals surface area contributed by atoms with E-state index in [9.17, 15) is 18.8 Å². The molecule has 3 aliphatic rings. The van der Waals surface area contributed by atoms with Gasteiger partial charge in [0.15, 0.2) is 0 Å². The summed E-state index contributed by atoms with van der Waals surface area (Å²) in [6.07, 6.45) is 1.72. The van der Waals surface area contributed by atoms with Crippen LogP contribution in [0.5, 0.6) is 0 Å². The Morgan fingerprint density at radius 1 is 1.30 bits per heavy atom. The number of fused-ring (bicyclic) bond motifs is 1. The molecule has 1 spiro atoms. The third-order valence-corrected chi connectivity index (χ3v) is 5.28. The summed E-state index contributed by atoms with van der Waals surface area (Å²) in [6.45, 7) is 1.22. The third kappa shape index (κ3) is 3.29. The van der Waals surface area contributed by atoms with Crippen LogP contribution in [0.3, 0.4) is 0 Å². The van der Waals surface area contributed by atoms with E-state index in [0.717, 1.165) is 0 Å². The summed E-state index contributed by atoms with van der Waals surface area (Å²) in [7, 11) is 1.66. The van der Waals surface area contributed by atoms with Crippen molar-refractivity contribution in [2.75, 3.05) is 37.3 Å². The molecule has 9 heteroatoms. The van der Waals surface area contributed by atoms with Crippen molar-refractivity contribution in [3.05, 3.63) is 23.5 Å². The Morgan fingerprint density at radius 2 is 2.11 bits per heavy atom. The number of rotatable bonds is 1. The Bertz CT molecular complexity index is 830. The van der Waals surface area contributed by atoms with Gasteiger partial charge in [-0.15, -0.1) is 0 Å². The second kappa shape index (κ2) is 6.40. The minimum absolute atomic E-state index is 0.164. The number of nitrogens with zero attached hydrogens (tertiary/aromatic N) is 2. The standard InChI is InChI=1S/C18H21FN4O4/c1-22-9-18(27-17(22)26)5-2-6-23(10-18)16(25)20-13-8-12(19)7-11-3-4-14(24)21-15(11)13/h7-8H,2-6,9-10H2,1H3,(H,20,25)(H,21,24)/t18-/m1/s1. The quantitative estimate of drug-likeness (QED) is 0.786. The molecule has 3 aliphatic heterocycles. The first-order valence-electron chi connectivity index (χ1n) is 8.98. The number of likely N-dealkylation sites (tertiary alicyclic amines) is 1. The Kier molecular flexibility index (Phi) is 4.16. The normalized spacial score (nSPS) is 24.5. The number of urea groups is 1. The number of anilines is 2. The monoisotopic (exact) mass is 376 g/mol. The molecule has 4 rings (SSSR count). The van der Waals surface area contributed by atoms with Gasteiger partial charge in [-0.1, -0.05) is 0 Å². The molecular formula is C18H21FN4O4. The number of benzene rings is 1. The predicted octanol–water partition coefficient (Wildman–Crippen LogP) is 2.16. The minimum atomic E-state index is -0.697. The van der Waals surface area contributed by atoms with E-state index in [-0.39, 0.29) is 30.7 Å². The molecule has 4 amide bonds. The van der Waals surface area contributed by atoms with Gasteiger partial charge in [0, 0.05) is 20.0 Å². The van der Waals surface area contributed by atoms with Gasteiger partial charge in [0.2, 0.25) is 5.91 Å². The summed E-state index contributed by atoms with van der Waals surface area (Å²) in [5.41, 5.74) is 0.645. The van der Waals surface area contributed by atoms with E-state index in [1.165, 1.54) is 17.0 Å². The fourth-order valence-corrected chi connectivity index (χ4v) is 4.03. The number of aryl methyl sites for hydroxylation is 1. The molecular weight excluding hydrogens is 355 g/mol. The zero-order valence-electron chi connectivity index (χ0n) is 15.0. The van der Waals surface area contributed by atoms with Crippen LogP contribution in [-0.4, -0.2) is 60.1 Å². The first kappa shape index (κ1) is 17.6. The van der Waals surface area contributed by atoms with Gasteiger partial charge in [-0.05, 0) is 37.0 Å². The average Bonchev–Trinajstić information content (AvgIpc) is 2.88. The molecule has 1 atom stereocenters.